The predicted molar refractivity (Wildman–Crippen MR) is 61.8 cm³/mol. The average Bonchev–Trinajstić information content (AvgIpc) is 2.63. The molecule has 4 nitrogen and oxygen atoms in total. The van der Waals surface area contributed by atoms with E-state index in [4.69, 9.17) is 5.73 Å². The first-order valence-electron chi connectivity index (χ1n) is 6.27. The van der Waals surface area contributed by atoms with Crippen molar-refractivity contribution >= 4 is 5.91 Å². The number of likely N-dealkylation sites (tertiary alicyclic amines) is 1. The van der Waals surface area contributed by atoms with Gasteiger partial charge in [-0.3, -0.25) is 4.79 Å². The molecule has 1 aliphatic heterocycles. The van der Waals surface area contributed by atoms with Crippen LogP contribution in [-0.2, 0) is 4.79 Å². The van der Waals surface area contributed by atoms with Gasteiger partial charge in [-0.05, 0) is 25.2 Å². The second-order valence-corrected chi connectivity index (χ2v) is 5.55. The molecule has 2 aliphatic rings. The molecule has 0 aromatic carbocycles. The number of carbonyl (C=O) groups excluding carboxylic acids is 1. The van der Waals surface area contributed by atoms with Gasteiger partial charge in [0.15, 0.2) is 0 Å². The van der Waals surface area contributed by atoms with Crippen LogP contribution in [0.2, 0.25) is 0 Å². The fraction of sp³-hybridized carbons (Fsp3) is 0.917. The summed E-state index contributed by atoms with van der Waals surface area (Å²) in [7, 11) is 0. The number of rotatable bonds is 1. The maximum absolute atomic E-state index is 12.3. The lowest BCUT2D eigenvalue weighted by Gasteiger charge is -2.38. The molecule has 0 aromatic heterocycles. The Labute approximate surface area is 96.8 Å². The van der Waals surface area contributed by atoms with Gasteiger partial charge in [-0.25, -0.2) is 0 Å². The van der Waals surface area contributed by atoms with E-state index >= 15 is 0 Å². The molecule has 1 heterocycles. The first-order valence-corrected chi connectivity index (χ1v) is 6.27. The van der Waals surface area contributed by atoms with Crippen molar-refractivity contribution in [2.45, 2.75) is 50.7 Å². The zero-order valence-corrected chi connectivity index (χ0v) is 9.98. The van der Waals surface area contributed by atoms with Crippen LogP contribution in [0.3, 0.4) is 0 Å². The molecule has 1 amide bonds. The van der Waals surface area contributed by atoms with Gasteiger partial charge in [-0.2, -0.15) is 0 Å². The number of aliphatic hydroxyl groups is 1. The van der Waals surface area contributed by atoms with Crippen LogP contribution in [0.15, 0.2) is 0 Å². The first-order chi connectivity index (χ1) is 7.51. The van der Waals surface area contributed by atoms with Gasteiger partial charge in [0.05, 0.1) is 11.6 Å². The number of β-amino-alcohol motifs (C(OH)–C–C–N with tert-alkyl or cyclic N) is 1. The minimum absolute atomic E-state index is 0.0515. The first kappa shape index (κ1) is 11.9. The quantitative estimate of drug-likeness (QED) is 0.683. The number of aliphatic hydroxyl groups excluding tert-OH is 1. The zero-order valence-electron chi connectivity index (χ0n) is 9.98. The molecule has 0 bridgehead atoms. The molecule has 0 radical (unpaired) electrons. The molecule has 3 N–H and O–H groups in total. The van der Waals surface area contributed by atoms with E-state index in [0.717, 1.165) is 19.3 Å². The number of nitrogens with zero attached hydrogens (tertiary/aromatic N) is 1. The number of carbonyl (C=O) groups is 1. The maximum atomic E-state index is 12.3. The van der Waals surface area contributed by atoms with E-state index in [1.807, 2.05) is 0 Å². The normalized spacial score (nSPS) is 40.1. The van der Waals surface area contributed by atoms with Gasteiger partial charge in [0.25, 0.3) is 0 Å². The Hall–Kier alpha value is -0.610. The van der Waals surface area contributed by atoms with E-state index in [9.17, 15) is 9.90 Å². The summed E-state index contributed by atoms with van der Waals surface area (Å²) in [5.74, 6) is 0.589. The molecule has 3 atom stereocenters. The van der Waals surface area contributed by atoms with Gasteiger partial charge < -0.3 is 15.7 Å². The summed E-state index contributed by atoms with van der Waals surface area (Å²) >= 11 is 0. The Balaban J connectivity index is 2.02. The fourth-order valence-electron chi connectivity index (χ4n) is 3.03. The fourth-order valence-corrected chi connectivity index (χ4v) is 3.03. The van der Waals surface area contributed by atoms with Crippen molar-refractivity contribution in [3.05, 3.63) is 0 Å². The highest BCUT2D eigenvalue weighted by molar-refractivity contribution is 5.86. The summed E-state index contributed by atoms with van der Waals surface area (Å²) in [5.41, 5.74) is 5.58. The highest BCUT2D eigenvalue weighted by atomic mass is 16.3. The van der Waals surface area contributed by atoms with Gasteiger partial charge in [0.2, 0.25) is 5.91 Å². The second-order valence-electron chi connectivity index (χ2n) is 5.55. The molecule has 0 spiro atoms. The van der Waals surface area contributed by atoms with Crippen LogP contribution in [-0.4, -0.2) is 40.6 Å². The monoisotopic (exact) mass is 226 g/mol. The van der Waals surface area contributed by atoms with Crippen LogP contribution >= 0.6 is 0 Å². The molecule has 3 unspecified atom stereocenters. The van der Waals surface area contributed by atoms with Crippen molar-refractivity contribution in [2.75, 3.05) is 13.1 Å². The largest absolute Gasteiger partial charge is 0.391 e. The third-order valence-corrected chi connectivity index (χ3v) is 3.91. The number of amides is 1. The summed E-state index contributed by atoms with van der Waals surface area (Å²) in [6.45, 7) is 3.28. The van der Waals surface area contributed by atoms with E-state index in [1.165, 1.54) is 6.42 Å². The summed E-state index contributed by atoms with van der Waals surface area (Å²) in [6.07, 6.45) is 4.14. The third-order valence-electron chi connectivity index (χ3n) is 3.91. The standard InChI is InChI=1S/C12H22N2O2/c1-9-3-2-5-12(13,7-9)11(16)14-6-4-10(15)8-14/h9-10,15H,2-8,13H2,1H3. The molecule has 0 aromatic rings. The highest BCUT2D eigenvalue weighted by Crippen LogP contribution is 2.32. The van der Waals surface area contributed by atoms with Crippen LogP contribution in [0.5, 0.6) is 0 Å². The third kappa shape index (κ3) is 2.23. The number of hydrogen-bond acceptors (Lipinski definition) is 3. The summed E-state index contributed by atoms with van der Waals surface area (Å²) < 4.78 is 0. The molecular weight excluding hydrogens is 204 g/mol. The molecular formula is C12H22N2O2. The van der Waals surface area contributed by atoms with Gasteiger partial charge >= 0.3 is 0 Å². The maximum Gasteiger partial charge on any atom is 0.242 e. The minimum atomic E-state index is -0.665. The van der Waals surface area contributed by atoms with Crippen LogP contribution in [0, 0.1) is 5.92 Å². The van der Waals surface area contributed by atoms with Crippen LogP contribution < -0.4 is 5.73 Å². The van der Waals surface area contributed by atoms with Crippen molar-refractivity contribution in [3.8, 4) is 0 Å². The topological polar surface area (TPSA) is 66.6 Å². The van der Waals surface area contributed by atoms with Crippen molar-refractivity contribution in [1.29, 1.82) is 0 Å². The van der Waals surface area contributed by atoms with Crippen molar-refractivity contribution in [1.82, 2.24) is 4.90 Å². The van der Waals surface area contributed by atoms with Crippen molar-refractivity contribution in [2.24, 2.45) is 11.7 Å². The highest BCUT2D eigenvalue weighted by Gasteiger charge is 2.42. The van der Waals surface area contributed by atoms with E-state index < -0.39 is 5.54 Å². The SMILES string of the molecule is CC1CCCC(N)(C(=O)N2CCC(O)C2)C1. The Morgan fingerprint density at radius 3 is 2.81 bits per heavy atom. The van der Waals surface area contributed by atoms with Gasteiger partial charge in [0.1, 0.15) is 0 Å². The predicted octanol–water partition coefficient (Wildman–Crippen LogP) is 0.487. The van der Waals surface area contributed by atoms with Crippen LogP contribution in [0.25, 0.3) is 0 Å². The van der Waals surface area contributed by atoms with Gasteiger partial charge in [-0.1, -0.05) is 19.8 Å². The van der Waals surface area contributed by atoms with Crippen LogP contribution in [0.1, 0.15) is 39.0 Å². The Morgan fingerprint density at radius 1 is 1.50 bits per heavy atom. The minimum Gasteiger partial charge on any atom is -0.391 e. The van der Waals surface area contributed by atoms with Gasteiger partial charge in [-0.15, -0.1) is 0 Å². The molecule has 1 aliphatic carbocycles. The van der Waals surface area contributed by atoms with Crippen molar-refractivity contribution in [3.63, 3.8) is 0 Å². The number of nitrogens with two attached hydrogens (primary N) is 1. The van der Waals surface area contributed by atoms with E-state index in [0.29, 0.717) is 25.4 Å². The molecule has 16 heavy (non-hydrogen) atoms. The summed E-state index contributed by atoms with van der Waals surface area (Å²) in [5, 5.41) is 9.45. The van der Waals surface area contributed by atoms with Crippen LogP contribution in [0.4, 0.5) is 0 Å². The lowest BCUT2D eigenvalue weighted by molar-refractivity contribution is -0.138. The Kier molecular flexibility index (Phi) is 3.22. The summed E-state index contributed by atoms with van der Waals surface area (Å²) in [4.78, 5) is 14.0. The number of hydrogen-bond donors (Lipinski definition) is 2. The Bertz CT molecular complexity index is 282. The molecule has 2 rings (SSSR count). The van der Waals surface area contributed by atoms with E-state index in [2.05, 4.69) is 6.92 Å². The molecule has 2 fully saturated rings. The Morgan fingerprint density at radius 2 is 2.25 bits per heavy atom. The molecule has 4 heteroatoms. The zero-order chi connectivity index (χ0) is 11.8. The molecule has 1 saturated heterocycles. The molecule has 92 valence electrons. The lowest BCUT2D eigenvalue weighted by atomic mass is 9.76. The average molecular weight is 226 g/mol. The smallest absolute Gasteiger partial charge is 0.242 e. The van der Waals surface area contributed by atoms with Crippen molar-refractivity contribution < 1.29 is 9.90 Å². The molecule has 1 saturated carbocycles. The lowest BCUT2D eigenvalue weighted by Crippen LogP contribution is -2.57. The second kappa shape index (κ2) is 4.34. The van der Waals surface area contributed by atoms with E-state index in [1.54, 1.807) is 4.90 Å². The van der Waals surface area contributed by atoms with E-state index in [-0.39, 0.29) is 12.0 Å². The van der Waals surface area contributed by atoms with Gasteiger partial charge in [0, 0.05) is 13.1 Å². The summed E-state index contributed by atoms with van der Waals surface area (Å²) in [6, 6.07) is 0.